The van der Waals surface area contributed by atoms with Gasteiger partial charge in [-0.15, -0.1) is 0 Å². The van der Waals surface area contributed by atoms with E-state index in [9.17, 15) is 14.4 Å². The number of carbonyl (C=O) groups is 3. The molecule has 0 N–H and O–H groups in total. The number of carbonyl (C=O) groups excluding carboxylic acids is 3. The van der Waals surface area contributed by atoms with Crippen molar-refractivity contribution in [2.75, 3.05) is 46.2 Å². The Labute approximate surface area is 130 Å². The minimum absolute atomic E-state index is 0.0149. The molecule has 7 nitrogen and oxygen atoms in total. The van der Waals surface area contributed by atoms with Gasteiger partial charge in [0, 0.05) is 18.1 Å². The Morgan fingerprint density at radius 3 is 2.00 bits per heavy atom. The van der Waals surface area contributed by atoms with Gasteiger partial charge in [0.15, 0.2) is 5.78 Å². The third kappa shape index (κ3) is 6.93. The maximum absolute atomic E-state index is 11.3. The van der Waals surface area contributed by atoms with Crippen LogP contribution in [-0.2, 0) is 28.6 Å². The van der Waals surface area contributed by atoms with Crippen LogP contribution in [0.1, 0.15) is 13.8 Å². The molecule has 0 spiro atoms. The molecule has 0 atom stereocenters. The smallest absolute Gasteiger partial charge is 0.253 e. The second-order valence-electron chi connectivity index (χ2n) is 5.06. The summed E-state index contributed by atoms with van der Waals surface area (Å²) in [7, 11) is 0. The largest absolute Gasteiger partial charge is 0.377 e. The van der Waals surface area contributed by atoms with Crippen LogP contribution in [0.15, 0.2) is 12.2 Å². The Morgan fingerprint density at radius 2 is 1.45 bits per heavy atom. The van der Waals surface area contributed by atoms with E-state index in [0.29, 0.717) is 26.4 Å². The van der Waals surface area contributed by atoms with Gasteiger partial charge >= 0.3 is 0 Å². The van der Waals surface area contributed by atoms with Gasteiger partial charge < -0.3 is 14.2 Å². The molecule has 0 aliphatic carbocycles. The molecule has 0 radical (unpaired) electrons. The van der Waals surface area contributed by atoms with E-state index in [1.54, 1.807) is 0 Å². The van der Waals surface area contributed by atoms with E-state index in [-0.39, 0.29) is 43.3 Å². The van der Waals surface area contributed by atoms with Gasteiger partial charge in [0.2, 0.25) is 0 Å². The average Bonchev–Trinajstić information content (AvgIpc) is 2.80. The average molecular weight is 313 g/mol. The fourth-order valence-electron chi connectivity index (χ4n) is 1.59. The lowest BCUT2D eigenvalue weighted by Gasteiger charge is -2.13. The zero-order chi connectivity index (χ0) is 16.4. The maximum Gasteiger partial charge on any atom is 0.253 e. The van der Waals surface area contributed by atoms with Crippen LogP contribution in [0, 0.1) is 5.92 Å². The zero-order valence-electron chi connectivity index (χ0n) is 13.1. The number of Topliss-reactive ketones (excluding diaryl/α,β-unsaturated/α-hetero) is 1. The summed E-state index contributed by atoms with van der Waals surface area (Å²) in [5.74, 6) is -0.557. The van der Waals surface area contributed by atoms with Crippen LogP contribution >= 0.6 is 0 Å². The standard InChI is InChI=1S/C15H23NO6/c1-12(2)13(17)11-22-10-9-21-8-7-20-6-5-16-14(18)3-4-15(16)19/h3-4,12H,5-11H2,1-2H3. The summed E-state index contributed by atoms with van der Waals surface area (Å²) in [5.41, 5.74) is 0. The number of ether oxygens (including phenoxy) is 3. The highest BCUT2D eigenvalue weighted by atomic mass is 16.5. The summed E-state index contributed by atoms with van der Waals surface area (Å²) in [5, 5.41) is 0. The van der Waals surface area contributed by atoms with Crippen LogP contribution in [0.2, 0.25) is 0 Å². The molecule has 1 heterocycles. The van der Waals surface area contributed by atoms with E-state index < -0.39 is 0 Å². The number of nitrogens with zero attached hydrogens (tertiary/aromatic N) is 1. The van der Waals surface area contributed by atoms with Gasteiger partial charge in [-0.2, -0.15) is 0 Å². The molecule has 7 heteroatoms. The number of hydrogen-bond donors (Lipinski definition) is 0. The lowest BCUT2D eigenvalue weighted by molar-refractivity contribution is -0.137. The molecule has 0 aromatic carbocycles. The Kier molecular flexibility index (Phi) is 8.57. The van der Waals surface area contributed by atoms with Crippen LogP contribution in [0.5, 0.6) is 0 Å². The van der Waals surface area contributed by atoms with Crippen molar-refractivity contribution in [3.8, 4) is 0 Å². The third-order valence-electron chi connectivity index (χ3n) is 2.99. The predicted molar refractivity (Wildman–Crippen MR) is 78.2 cm³/mol. The van der Waals surface area contributed by atoms with Gasteiger partial charge in [-0.05, 0) is 0 Å². The van der Waals surface area contributed by atoms with E-state index in [2.05, 4.69) is 0 Å². The number of amides is 2. The first-order valence-electron chi connectivity index (χ1n) is 7.32. The first-order valence-corrected chi connectivity index (χ1v) is 7.32. The Bertz CT molecular complexity index is 400. The second-order valence-corrected chi connectivity index (χ2v) is 5.06. The second kappa shape index (κ2) is 10.2. The molecule has 0 saturated heterocycles. The number of ketones is 1. The summed E-state index contributed by atoms with van der Waals surface area (Å²) in [6, 6.07) is 0. The maximum atomic E-state index is 11.3. The van der Waals surface area contributed by atoms with Gasteiger partial charge in [-0.25, -0.2) is 0 Å². The molecule has 124 valence electrons. The van der Waals surface area contributed by atoms with Gasteiger partial charge in [0.25, 0.3) is 11.8 Å². The van der Waals surface area contributed by atoms with Crippen LogP contribution < -0.4 is 0 Å². The van der Waals surface area contributed by atoms with Gasteiger partial charge in [0.05, 0.1) is 39.6 Å². The summed E-state index contributed by atoms with van der Waals surface area (Å²) >= 11 is 0. The van der Waals surface area contributed by atoms with Crippen molar-refractivity contribution in [2.45, 2.75) is 13.8 Å². The predicted octanol–water partition coefficient (Wildman–Crippen LogP) is 0.186. The normalized spacial score (nSPS) is 14.4. The molecule has 0 bridgehead atoms. The molecule has 0 aromatic rings. The third-order valence-corrected chi connectivity index (χ3v) is 2.99. The number of imide groups is 1. The Hall–Kier alpha value is -1.57. The molecule has 0 fully saturated rings. The zero-order valence-corrected chi connectivity index (χ0v) is 13.1. The van der Waals surface area contributed by atoms with Crippen molar-refractivity contribution in [1.29, 1.82) is 0 Å². The summed E-state index contributed by atoms with van der Waals surface area (Å²) < 4.78 is 15.7. The Morgan fingerprint density at radius 1 is 0.955 bits per heavy atom. The van der Waals surface area contributed by atoms with Crippen LogP contribution in [-0.4, -0.2) is 68.7 Å². The molecule has 22 heavy (non-hydrogen) atoms. The molecule has 1 aliphatic rings. The van der Waals surface area contributed by atoms with E-state index >= 15 is 0 Å². The van der Waals surface area contributed by atoms with Gasteiger partial charge in [-0.1, -0.05) is 13.8 Å². The first-order chi connectivity index (χ1) is 10.5. The molecule has 0 saturated carbocycles. The first kappa shape index (κ1) is 18.5. The lowest BCUT2D eigenvalue weighted by Crippen LogP contribution is -2.33. The topological polar surface area (TPSA) is 82.1 Å². The van der Waals surface area contributed by atoms with Crippen molar-refractivity contribution >= 4 is 17.6 Å². The summed E-state index contributed by atoms with van der Waals surface area (Å²) in [4.78, 5) is 34.9. The van der Waals surface area contributed by atoms with Crippen molar-refractivity contribution in [3.63, 3.8) is 0 Å². The lowest BCUT2D eigenvalue weighted by atomic mass is 10.1. The van der Waals surface area contributed by atoms with Crippen LogP contribution in [0.4, 0.5) is 0 Å². The molecular formula is C15H23NO6. The van der Waals surface area contributed by atoms with E-state index in [4.69, 9.17) is 14.2 Å². The minimum atomic E-state index is -0.307. The van der Waals surface area contributed by atoms with E-state index in [0.717, 1.165) is 4.90 Å². The minimum Gasteiger partial charge on any atom is -0.377 e. The molecular weight excluding hydrogens is 290 g/mol. The SMILES string of the molecule is CC(C)C(=O)COCCOCCOCCN1C(=O)C=CC1=O. The van der Waals surface area contributed by atoms with E-state index in [1.807, 2.05) is 13.8 Å². The monoisotopic (exact) mass is 313 g/mol. The number of hydrogen-bond acceptors (Lipinski definition) is 6. The van der Waals surface area contributed by atoms with Crippen molar-refractivity contribution in [1.82, 2.24) is 4.90 Å². The van der Waals surface area contributed by atoms with Gasteiger partial charge in [0.1, 0.15) is 6.61 Å². The highest BCUT2D eigenvalue weighted by Crippen LogP contribution is 2.02. The molecule has 1 rings (SSSR count). The number of rotatable bonds is 12. The van der Waals surface area contributed by atoms with Crippen LogP contribution in [0.3, 0.4) is 0 Å². The van der Waals surface area contributed by atoms with Crippen molar-refractivity contribution in [3.05, 3.63) is 12.2 Å². The van der Waals surface area contributed by atoms with Gasteiger partial charge in [-0.3, -0.25) is 19.3 Å². The molecule has 2 amide bonds. The highest BCUT2D eigenvalue weighted by Gasteiger charge is 2.22. The van der Waals surface area contributed by atoms with Crippen molar-refractivity contribution < 1.29 is 28.6 Å². The molecule has 0 aromatic heterocycles. The molecule has 1 aliphatic heterocycles. The van der Waals surface area contributed by atoms with Crippen LogP contribution in [0.25, 0.3) is 0 Å². The Balaban J connectivity index is 1.87. The summed E-state index contributed by atoms with van der Waals surface area (Å²) in [6.07, 6.45) is 2.49. The van der Waals surface area contributed by atoms with E-state index in [1.165, 1.54) is 12.2 Å². The quantitative estimate of drug-likeness (QED) is 0.378. The van der Waals surface area contributed by atoms with Crippen molar-refractivity contribution in [2.24, 2.45) is 5.92 Å². The fourth-order valence-corrected chi connectivity index (χ4v) is 1.59. The summed E-state index contributed by atoms with van der Waals surface area (Å²) in [6.45, 7) is 5.81. The highest BCUT2D eigenvalue weighted by molar-refractivity contribution is 6.12. The molecule has 0 unspecified atom stereocenters. The fraction of sp³-hybridized carbons (Fsp3) is 0.667.